The van der Waals surface area contributed by atoms with Crippen LogP contribution in [0.4, 0.5) is 0 Å². The second kappa shape index (κ2) is 7.44. The minimum atomic E-state index is 0.0528. The molecular weight excluding hydrogens is 346 g/mol. The Balaban J connectivity index is 1.29. The van der Waals surface area contributed by atoms with Gasteiger partial charge in [-0.25, -0.2) is 0 Å². The lowest BCUT2D eigenvalue weighted by molar-refractivity contribution is 0.0177. The van der Waals surface area contributed by atoms with Gasteiger partial charge in [-0.15, -0.1) is 0 Å². The van der Waals surface area contributed by atoms with Crippen molar-refractivity contribution in [3.8, 4) is 0 Å². The van der Waals surface area contributed by atoms with E-state index in [1.807, 2.05) is 30.5 Å². The van der Waals surface area contributed by atoms with Crippen LogP contribution < -0.4 is 5.32 Å². The van der Waals surface area contributed by atoms with Crippen LogP contribution in [0.1, 0.15) is 48.0 Å². The number of piperidine rings is 2. The molecule has 2 saturated heterocycles. The molecule has 4 heteroatoms. The number of aromatic nitrogens is 1. The Bertz CT molecular complexity index is 950. The van der Waals surface area contributed by atoms with Gasteiger partial charge in [0.15, 0.2) is 0 Å². The summed E-state index contributed by atoms with van der Waals surface area (Å²) in [6.45, 7) is 1.03. The van der Waals surface area contributed by atoms with Crippen LogP contribution in [0.5, 0.6) is 0 Å². The lowest BCUT2D eigenvalue weighted by atomic mass is 9.81. The molecular formula is C24H27N3O. The van der Waals surface area contributed by atoms with Crippen LogP contribution >= 0.6 is 0 Å². The highest BCUT2D eigenvalue weighted by Crippen LogP contribution is 2.35. The summed E-state index contributed by atoms with van der Waals surface area (Å²) in [7, 11) is 0. The van der Waals surface area contributed by atoms with E-state index in [0.29, 0.717) is 12.1 Å². The maximum absolute atomic E-state index is 12.9. The third-order valence-corrected chi connectivity index (χ3v) is 6.50. The lowest BCUT2D eigenvalue weighted by Crippen LogP contribution is -2.56. The number of nitrogens with one attached hydrogen (secondary N) is 2. The summed E-state index contributed by atoms with van der Waals surface area (Å²) >= 11 is 0. The minimum Gasteiger partial charge on any atom is -0.360 e. The van der Waals surface area contributed by atoms with Gasteiger partial charge in [0.1, 0.15) is 0 Å². The Morgan fingerprint density at radius 1 is 1.00 bits per heavy atom. The molecule has 4 nitrogen and oxygen atoms in total. The predicted octanol–water partition coefficient (Wildman–Crippen LogP) is 4.48. The second-order valence-corrected chi connectivity index (χ2v) is 8.29. The van der Waals surface area contributed by atoms with Crippen LogP contribution in [-0.2, 0) is 6.54 Å². The number of amides is 1. The van der Waals surface area contributed by atoms with E-state index >= 15 is 0 Å². The molecule has 1 unspecified atom stereocenters. The molecule has 1 aromatic heterocycles. The summed E-state index contributed by atoms with van der Waals surface area (Å²) in [4.78, 5) is 18.8. The van der Waals surface area contributed by atoms with Crippen molar-refractivity contribution in [3.05, 3.63) is 71.9 Å². The number of para-hydroxylation sites is 1. The first kappa shape index (κ1) is 17.5. The second-order valence-electron chi connectivity index (χ2n) is 8.29. The normalized spacial score (nSPS) is 24.9. The lowest BCUT2D eigenvalue weighted by Gasteiger charge is -2.49. The van der Waals surface area contributed by atoms with E-state index in [-0.39, 0.29) is 11.9 Å². The fourth-order valence-corrected chi connectivity index (χ4v) is 5.17. The zero-order chi connectivity index (χ0) is 18.9. The van der Waals surface area contributed by atoms with Gasteiger partial charge in [0.25, 0.3) is 5.91 Å². The molecule has 0 radical (unpaired) electrons. The fourth-order valence-electron chi connectivity index (χ4n) is 5.17. The van der Waals surface area contributed by atoms with Crippen molar-refractivity contribution in [3.63, 3.8) is 0 Å². The number of hydrogen-bond acceptors (Lipinski definition) is 2. The molecule has 0 spiro atoms. The maximum atomic E-state index is 12.9. The molecule has 2 aliphatic heterocycles. The highest BCUT2D eigenvalue weighted by Gasteiger charge is 2.38. The quantitative estimate of drug-likeness (QED) is 0.708. The van der Waals surface area contributed by atoms with Gasteiger partial charge in [0.2, 0.25) is 0 Å². The van der Waals surface area contributed by atoms with Gasteiger partial charge in [-0.05, 0) is 37.3 Å². The summed E-state index contributed by atoms with van der Waals surface area (Å²) in [6, 6.07) is 20.2. The number of nitrogens with zero attached hydrogens (tertiary/aromatic N) is 1. The van der Waals surface area contributed by atoms with Crippen molar-refractivity contribution in [1.82, 2.24) is 15.2 Å². The Morgan fingerprint density at radius 2 is 1.71 bits per heavy atom. The third kappa shape index (κ3) is 3.33. The van der Waals surface area contributed by atoms with Gasteiger partial charge in [-0.1, -0.05) is 55.0 Å². The standard InChI is InChI=1S/C24H27N3O/c28-24(22-15-25-23-12-5-4-11-21(22)23)26-18-13-19-9-6-10-20(14-18)27(19)16-17-7-2-1-3-8-17/h1-5,7-8,11-12,15,18-20,25H,6,9-10,13-14,16H2,(H,26,28)/t18?,19-,20+. The largest absolute Gasteiger partial charge is 0.360 e. The number of fused-ring (bicyclic) bond motifs is 3. The smallest absolute Gasteiger partial charge is 0.253 e. The maximum Gasteiger partial charge on any atom is 0.253 e. The molecule has 2 N–H and O–H groups in total. The SMILES string of the molecule is O=C(NC1C[C@H]2CCC[C@@H](C1)N2Cc1ccccc1)c1c[nH]c2ccccc12. The highest BCUT2D eigenvalue weighted by atomic mass is 16.1. The van der Waals surface area contributed by atoms with E-state index in [1.165, 1.54) is 24.8 Å². The molecule has 3 atom stereocenters. The number of H-pyrrole nitrogens is 1. The van der Waals surface area contributed by atoms with Gasteiger partial charge in [0.05, 0.1) is 5.56 Å². The molecule has 2 bridgehead atoms. The van der Waals surface area contributed by atoms with Crippen LogP contribution in [0.15, 0.2) is 60.8 Å². The molecule has 144 valence electrons. The predicted molar refractivity (Wildman–Crippen MR) is 112 cm³/mol. The van der Waals surface area contributed by atoms with Crippen molar-refractivity contribution < 1.29 is 4.79 Å². The first-order chi connectivity index (χ1) is 13.8. The Kier molecular flexibility index (Phi) is 4.65. The number of carbonyl (C=O) groups excluding carboxylic acids is 1. The Labute approximate surface area is 165 Å². The summed E-state index contributed by atoms with van der Waals surface area (Å²) in [5.74, 6) is 0.0528. The summed E-state index contributed by atoms with van der Waals surface area (Å²) in [5, 5.41) is 4.34. The van der Waals surface area contributed by atoms with Gasteiger partial charge >= 0.3 is 0 Å². The molecule has 0 saturated carbocycles. The van der Waals surface area contributed by atoms with Gasteiger partial charge in [-0.2, -0.15) is 0 Å². The van der Waals surface area contributed by atoms with Crippen molar-refractivity contribution >= 4 is 16.8 Å². The van der Waals surface area contributed by atoms with E-state index in [9.17, 15) is 4.79 Å². The van der Waals surface area contributed by atoms with Crippen LogP contribution in [0.3, 0.4) is 0 Å². The van der Waals surface area contributed by atoms with E-state index in [0.717, 1.165) is 35.9 Å². The summed E-state index contributed by atoms with van der Waals surface area (Å²) < 4.78 is 0. The average Bonchev–Trinajstić information content (AvgIpc) is 3.14. The Morgan fingerprint density at radius 3 is 2.50 bits per heavy atom. The fraction of sp³-hybridized carbons (Fsp3) is 0.375. The molecule has 0 aliphatic carbocycles. The van der Waals surface area contributed by atoms with E-state index in [2.05, 4.69) is 45.5 Å². The number of benzene rings is 2. The molecule has 5 rings (SSSR count). The van der Waals surface area contributed by atoms with Crippen molar-refractivity contribution in [2.45, 2.75) is 56.8 Å². The highest BCUT2D eigenvalue weighted by molar-refractivity contribution is 6.06. The van der Waals surface area contributed by atoms with Crippen molar-refractivity contribution in [1.29, 1.82) is 0 Å². The van der Waals surface area contributed by atoms with Gasteiger partial charge < -0.3 is 10.3 Å². The molecule has 2 fully saturated rings. The average molecular weight is 374 g/mol. The topological polar surface area (TPSA) is 48.1 Å². The monoisotopic (exact) mass is 373 g/mol. The molecule has 3 aromatic rings. The molecule has 2 aliphatic rings. The molecule has 28 heavy (non-hydrogen) atoms. The zero-order valence-corrected chi connectivity index (χ0v) is 16.1. The van der Waals surface area contributed by atoms with E-state index < -0.39 is 0 Å². The van der Waals surface area contributed by atoms with Crippen LogP contribution in [0, 0.1) is 0 Å². The molecule has 1 amide bonds. The van der Waals surface area contributed by atoms with Gasteiger partial charge in [0, 0.05) is 41.8 Å². The number of rotatable bonds is 4. The number of hydrogen-bond donors (Lipinski definition) is 2. The minimum absolute atomic E-state index is 0.0528. The summed E-state index contributed by atoms with van der Waals surface area (Å²) in [6.07, 6.45) is 7.73. The zero-order valence-electron chi connectivity index (χ0n) is 16.1. The number of aromatic amines is 1. The van der Waals surface area contributed by atoms with Crippen LogP contribution in [0.2, 0.25) is 0 Å². The van der Waals surface area contributed by atoms with E-state index in [1.54, 1.807) is 0 Å². The Hall–Kier alpha value is -2.59. The van der Waals surface area contributed by atoms with Crippen LogP contribution in [-0.4, -0.2) is 33.9 Å². The van der Waals surface area contributed by atoms with Crippen molar-refractivity contribution in [2.75, 3.05) is 0 Å². The molecule has 2 aromatic carbocycles. The molecule has 3 heterocycles. The first-order valence-corrected chi connectivity index (χ1v) is 10.4. The van der Waals surface area contributed by atoms with Crippen molar-refractivity contribution in [2.24, 2.45) is 0 Å². The summed E-state index contributed by atoms with van der Waals surface area (Å²) in [5.41, 5.74) is 3.16. The first-order valence-electron chi connectivity index (χ1n) is 10.4. The van der Waals surface area contributed by atoms with Crippen LogP contribution in [0.25, 0.3) is 10.9 Å². The number of carbonyl (C=O) groups is 1. The van der Waals surface area contributed by atoms with Gasteiger partial charge in [-0.3, -0.25) is 9.69 Å². The third-order valence-electron chi connectivity index (χ3n) is 6.50. The van der Waals surface area contributed by atoms with E-state index in [4.69, 9.17) is 0 Å².